The van der Waals surface area contributed by atoms with E-state index in [2.05, 4.69) is 22.2 Å². The Bertz CT molecular complexity index is 347. The van der Waals surface area contributed by atoms with Crippen molar-refractivity contribution in [2.75, 3.05) is 5.32 Å². The third-order valence-electron chi connectivity index (χ3n) is 3.12. The highest BCUT2D eigenvalue weighted by molar-refractivity contribution is 6.28. The van der Waals surface area contributed by atoms with Crippen LogP contribution in [0.3, 0.4) is 0 Å². The van der Waals surface area contributed by atoms with Crippen molar-refractivity contribution in [1.29, 1.82) is 0 Å². The Labute approximate surface area is 102 Å². The van der Waals surface area contributed by atoms with Crippen LogP contribution in [0, 0.1) is 12.8 Å². The Morgan fingerprint density at radius 1 is 1.38 bits per heavy atom. The second-order valence-electron chi connectivity index (χ2n) is 4.78. The molecule has 1 heterocycles. The van der Waals surface area contributed by atoms with Gasteiger partial charge in [-0.15, -0.1) is 0 Å². The molecular formula is C12H18ClN3. The fourth-order valence-electron chi connectivity index (χ4n) is 2.38. The number of halogens is 1. The first-order valence-corrected chi connectivity index (χ1v) is 6.29. The molecule has 2 atom stereocenters. The van der Waals surface area contributed by atoms with E-state index < -0.39 is 0 Å². The third-order valence-corrected chi connectivity index (χ3v) is 3.28. The summed E-state index contributed by atoms with van der Waals surface area (Å²) in [6, 6.07) is 2.49. The zero-order valence-corrected chi connectivity index (χ0v) is 10.6. The summed E-state index contributed by atoms with van der Waals surface area (Å²) < 4.78 is 0. The average molecular weight is 240 g/mol. The fourth-order valence-corrected chi connectivity index (χ4v) is 2.60. The van der Waals surface area contributed by atoms with Gasteiger partial charge in [0.1, 0.15) is 5.82 Å². The van der Waals surface area contributed by atoms with E-state index in [9.17, 15) is 0 Å². The summed E-state index contributed by atoms with van der Waals surface area (Å²) >= 11 is 5.83. The van der Waals surface area contributed by atoms with Crippen molar-refractivity contribution in [2.24, 2.45) is 5.92 Å². The van der Waals surface area contributed by atoms with Gasteiger partial charge in [-0.25, -0.2) is 9.97 Å². The highest BCUT2D eigenvalue weighted by atomic mass is 35.5. The van der Waals surface area contributed by atoms with Crippen molar-refractivity contribution in [3.05, 3.63) is 17.0 Å². The molecule has 88 valence electrons. The van der Waals surface area contributed by atoms with E-state index >= 15 is 0 Å². The van der Waals surface area contributed by atoms with Crippen LogP contribution in [0.15, 0.2) is 6.07 Å². The van der Waals surface area contributed by atoms with Gasteiger partial charge in [-0.3, -0.25) is 0 Å². The van der Waals surface area contributed by atoms with Crippen molar-refractivity contribution in [2.45, 2.75) is 45.6 Å². The summed E-state index contributed by atoms with van der Waals surface area (Å²) in [5.41, 5.74) is 0.909. The van der Waals surface area contributed by atoms with Crippen molar-refractivity contribution < 1.29 is 0 Å². The van der Waals surface area contributed by atoms with Crippen molar-refractivity contribution in [1.82, 2.24) is 9.97 Å². The Balaban J connectivity index is 2.02. The van der Waals surface area contributed by atoms with E-state index in [0.29, 0.717) is 11.3 Å². The number of anilines is 1. The molecule has 1 aliphatic rings. The average Bonchev–Trinajstić information content (AvgIpc) is 2.15. The highest BCUT2D eigenvalue weighted by Crippen LogP contribution is 2.26. The van der Waals surface area contributed by atoms with Gasteiger partial charge in [-0.2, -0.15) is 0 Å². The molecule has 1 N–H and O–H groups in total. The molecule has 2 unspecified atom stereocenters. The minimum atomic E-state index is 0.325. The molecule has 0 amide bonds. The Hall–Kier alpha value is -0.830. The fraction of sp³-hybridized carbons (Fsp3) is 0.667. The molecule has 16 heavy (non-hydrogen) atoms. The summed E-state index contributed by atoms with van der Waals surface area (Å²) in [6.45, 7) is 4.24. The van der Waals surface area contributed by atoms with Gasteiger partial charge >= 0.3 is 0 Å². The van der Waals surface area contributed by atoms with Gasteiger partial charge in [0, 0.05) is 17.8 Å². The second kappa shape index (κ2) is 5.00. The summed E-state index contributed by atoms with van der Waals surface area (Å²) in [5, 5.41) is 3.78. The number of hydrogen-bond acceptors (Lipinski definition) is 3. The minimum absolute atomic E-state index is 0.325. The molecule has 1 saturated carbocycles. The molecule has 0 spiro atoms. The lowest BCUT2D eigenvalue weighted by atomic mass is 9.87. The minimum Gasteiger partial charge on any atom is -0.367 e. The topological polar surface area (TPSA) is 37.8 Å². The van der Waals surface area contributed by atoms with Crippen LogP contribution in [0.4, 0.5) is 5.82 Å². The third kappa shape index (κ3) is 3.08. The van der Waals surface area contributed by atoms with Gasteiger partial charge in [-0.05, 0) is 37.3 Å². The van der Waals surface area contributed by atoms with Gasteiger partial charge < -0.3 is 5.32 Å². The van der Waals surface area contributed by atoms with Crippen LogP contribution >= 0.6 is 11.6 Å². The lowest BCUT2D eigenvalue weighted by molar-refractivity contribution is 0.358. The van der Waals surface area contributed by atoms with Crippen LogP contribution in [0.1, 0.15) is 38.3 Å². The zero-order valence-electron chi connectivity index (χ0n) is 9.83. The highest BCUT2D eigenvalue weighted by Gasteiger charge is 2.19. The number of hydrogen-bond donors (Lipinski definition) is 1. The van der Waals surface area contributed by atoms with Gasteiger partial charge in [0.25, 0.3) is 0 Å². The lowest BCUT2D eigenvalue weighted by Gasteiger charge is -2.27. The lowest BCUT2D eigenvalue weighted by Crippen LogP contribution is -2.26. The molecule has 2 rings (SSSR count). The molecular weight excluding hydrogens is 222 g/mol. The first-order chi connectivity index (χ1) is 7.63. The van der Waals surface area contributed by atoms with Crippen molar-refractivity contribution in [3.63, 3.8) is 0 Å². The molecule has 3 nitrogen and oxygen atoms in total. The van der Waals surface area contributed by atoms with E-state index in [1.165, 1.54) is 25.7 Å². The van der Waals surface area contributed by atoms with E-state index in [1.807, 2.05) is 13.0 Å². The summed E-state index contributed by atoms with van der Waals surface area (Å²) in [4.78, 5) is 8.25. The zero-order chi connectivity index (χ0) is 11.5. The predicted molar refractivity (Wildman–Crippen MR) is 66.8 cm³/mol. The first-order valence-electron chi connectivity index (χ1n) is 5.91. The SMILES string of the molecule is Cc1cc(NC2CCCC(C)C2)nc(Cl)n1. The molecule has 1 aliphatic carbocycles. The van der Waals surface area contributed by atoms with Crippen LogP contribution in [0.5, 0.6) is 0 Å². The van der Waals surface area contributed by atoms with E-state index in [4.69, 9.17) is 11.6 Å². The number of rotatable bonds is 2. The van der Waals surface area contributed by atoms with Gasteiger partial charge in [-0.1, -0.05) is 19.8 Å². The molecule has 0 aromatic carbocycles. The number of aryl methyl sites for hydroxylation is 1. The van der Waals surface area contributed by atoms with Crippen LogP contribution < -0.4 is 5.32 Å². The van der Waals surface area contributed by atoms with Crippen molar-refractivity contribution in [3.8, 4) is 0 Å². The van der Waals surface area contributed by atoms with Crippen LogP contribution in [-0.2, 0) is 0 Å². The number of aromatic nitrogens is 2. The van der Waals surface area contributed by atoms with Gasteiger partial charge in [0.05, 0.1) is 0 Å². The molecule has 1 aromatic rings. The first kappa shape index (κ1) is 11.6. The summed E-state index contributed by atoms with van der Waals surface area (Å²) in [7, 11) is 0. The predicted octanol–water partition coefficient (Wildman–Crippen LogP) is 3.43. The quantitative estimate of drug-likeness (QED) is 0.804. The number of nitrogens with zero attached hydrogens (tertiary/aromatic N) is 2. The smallest absolute Gasteiger partial charge is 0.224 e. The molecule has 1 aromatic heterocycles. The molecule has 4 heteroatoms. The van der Waals surface area contributed by atoms with E-state index in [-0.39, 0.29) is 0 Å². The molecule has 0 bridgehead atoms. The maximum absolute atomic E-state index is 5.83. The second-order valence-corrected chi connectivity index (χ2v) is 5.11. The van der Waals surface area contributed by atoms with Crippen molar-refractivity contribution >= 4 is 17.4 Å². The van der Waals surface area contributed by atoms with E-state index in [1.54, 1.807) is 0 Å². The Morgan fingerprint density at radius 3 is 2.88 bits per heavy atom. The monoisotopic (exact) mass is 239 g/mol. The molecule has 0 radical (unpaired) electrons. The van der Waals surface area contributed by atoms with Crippen LogP contribution in [0.25, 0.3) is 0 Å². The van der Waals surface area contributed by atoms with Crippen LogP contribution in [0.2, 0.25) is 5.28 Å². The Kier molecular flexibility index (Phi) is 3.64. The van der Waals surface area contributed by atoms with E-state index in [0.717, 1.165) is 17.4 Å². The largest absolute Gasteiger partial charge is 0.367 e. The standard InChI is InChI=1S/C12H18ClN3/c1-8-4-3-5-10(6-8)15-11-7-9(2)14-12(13)16-11/h7-8,10H,3-6H2,1-2H3,(H,14,15,16). The summed E-state index contributed by atoms with van der Waals surface area (Å²) in [6.07, 6.45) is 5.10. The summed E-state index contributed by atoms with van der Waals surface area (Å²) in [5.74, 6) is 1.67. The van der Waals surface area contributed by atoms with Gasteiger partial charge in [0.2, 0.25) is 5.28 Å². The Morgan fingerprint density at radius 2 is 2.19 bits per heavy atom. The maximum atomic E-state index is 5.83. The maximum Gasteiger partial charge on any atom is 0.224 e. The van der Waals surface area contributed by atoms with Crippen LogP contribution in [-0.4, -0.2) is 16.0 Å². The normalized spacial score (nSPS) is 25.4. The molecule has 0 saturated heterocycles. The molecule has 1 fully saturated rings. The molecule has 0 aliphatic heterocycles. The number of nitrogens with one attached hydrogen (secondary N) is 1. The van der Waals surface area contributed by atoms with Gasteiger partial charge in [0.15, 0.2) is 0 Å².